The van der Waals surface area contributed by atoms with Crippen LogP contribution in [0.15, 0.2) is 18.2 Å². The summed E-state index contributed by atoms with van der Waals surface area (Å²) in [6.07, 6.45) is 1.94. The first-order chi connectivity index (χ1) is 6.72. The molecule has 0 bridgehead atoms. The van der Waals surface area contributed by atoms with Gasteiger partial charge in [0.25, 0.3) is 0 Å². The van der Waals surface area contributed by atoms with Crippen LogP contribution in [0.4, 0.5) is 0 Å². The van der Waals surface area contributed by atoms with E-state index in [-0.39, 0.29) is 5.92 Å². The van der Waals surface area contributed by atoms with Crippen LogP contribution in [0.2, 0.25) is 0 Å². The smallest absolute Gasteiger partial charge is 0.127 e. The Bertz CT molecular complexity index is 320. The highest BCUT2D eigenvalue weighted by molar-refractivity contribution is 6.17. The number of aryl methyl sites for hydroxylation is 1. The highest BCUT2D eigenvalue weighted by Gasteiger charge is 2.06. The summed E-state index contributed by atoms with van der Waals surface area (Å²) < 4.78 is 0. The van der Waals surface area contributed by atoms with E-state index in [1.165, 1.54) is 5.56 Å². The highest BCUT2D eigenvalue weighted by Crippen LogP contribution is 2.20. The first-order valence-electron chi connectivity index (χ1n) is 4.85. The molecule has 1 nitrogen and oxygen atoms in total. The van der Waals surface area contributed by atoms with Gasteiger partial charge >= 0.3 is 0 Å². The zero-order chi connectivity index (χ0) is 10.6. The zero-order valence-corrected chi connectivity index (χ0v) is 9.34. The molecule has 0 aliphatic heterocycles. The topological polar surface area (TPSA) is 17.1 Å². The van der Waals surface area contributed by atoms with Crippen LogP contribution in [-0.4, -0.2) is 6.29 Å². The van der Waals surface area contributed by atoms with Gasteiger partial charge in [-0.3, -0.25) is 0 Å². The maximum absolute atomic E-state index is 10.6. The fourth-order valence-corrected chi connectivity index (χ4v) is 1.73. The van der Waals surface area contributed by atoms with Gasteiger partial charge in [0.05, 0.1) is 0 Å². The summed E-state index contributed by atoms with van der Waals surface area (Å²) in [6, 6.07) is 6.10. The first kappa shape index (κ1) is 11.3. The maximum Gasteiger partial charge on any atom is 0.127 e. The third-order valence-electron chi connectivity index (χ3n) is 2.49. The summed E-state index contributed by atoms with van der Waals surface area (Å²) in [6.45, 7) is 4.00. The number of aldehydes is 1. The number of rotatable bonds is 4. The van der Waals surface area contributed by atoms with Gasteiger partial charge in [0.1, 0.15) is 6.29 Å². The number of carbonyl (C=O) groups is 1. The highest BCUT2D eigenvalue weighted by atomic mass is 35.5. The van der Waals surface area contributed by atoms with Gasteiger partial charge in [0.15, 0.2) is 0 Å². The number of halogens is 1. The molecule has 0 saturated carbocycles. The van der Waals surface area contributed by atoms with E-state index in [2.05, 4.69) is 13.0 Å². The van der Waals surface area contributed by atoms with Crippen LogP contribution in [0, 0.1) is 0 Å². The van der Waals surface area contributed by atoms with E-state index in [1.807, 2.05) is 19.1 Å². The van der Waals surface area contributed by atoms with Gasteiger partial charge in [-0.05, 0) is 23.1 Å². The number of carbonyl (C=O) groups excluding carboxylic acids is 1. The predicted octanol–water partition coefficient (Wildman–Crippen LogP) is 3.29. The van der Waals surface area contributed by atoms with Crippen molar-refractivity contribution >= 4 is 17.9 Å². The summed E-state index contributed by atoms with van der Waals surface area (Å²) in [5.41, 5.74) is 3.45. The molecule has 0 aliphatic rings. The lowest BCUT2D eigenvalue weighted by Crippen LogP contribution is -1.98. The molecule has 0 fully saturated rings. The van der Waals surface area contributed by atoms with Crippen LogP contribution in [0.25, 0.3) is 0 Å². The van der Waals surface area contributed by atoms with E-state index in [9.17, 15) is 4.79 Å². The van der Waals surface area contributed by atoms with Crippen molar-refractivity contribution in [2.75, 3.05) is 0 Å². The second-order valence-electron chi connectivity index (χ2n) is 3.44. The van der Waals surface area contributed by atoms with Gasteiger partial charge in [-0.25, -0.2) is 0 Å². The molecular formula is C12H15ClO. The summed E-state index contributed by atoms with van der Waals surface area (Å²) in [5, 5.41) is 0. The van der Waals surface area contributed by atoms with Crippen molar-refractivity contribution < 1.29 is 4.79 Å². The van der Waals surface area contributed by atoms with Crippen molar-refractivity contribution in [3.8, 4) is 0 Å². The van der Waals surface area contributed by atoms with Crippen molar-refractivity contribution in [2.24, 2.45) is 0 Å². The molecule has 0 aromatic heterocycles. The quantitative estimate of drug-likeness (QED) is 0.551. The van der Waals surface area contributed by atoms with Crippen molar-refractivity contribution in [3.63, 3.8) is 0 Å². The predicted molar refractivity (Wildman–Crippen MR) is 59.9 cm³/mol. The SMILES string of the molecule is CCc1ccc(C(C)C=O)cc1CCl. The minimum atomic E-state index is -0.0390. The van der Waals surface area contributed by atoms with Crippen LogP contribution in [-0.2, 0) is 17.1 Å². The Morgan fingerprint density at radius 2 is 2.14 bits per heavy atom. The van der Waals surface area contributed by atoms with E-state index in [4.69, 9.17) is 11.6 Å². The molecule has 1 aromatic rings. The van der Waals surface area contributed by atoms with Gasteiger partial charge < -0.3 is 4.79 Å². The molecule has 76 valence electrons. The fourth-order valence-electron chi connectivity index (χ4n) is 1.48. The van der Waals surface area contributed by atoms with Crippen LogP contribution in [0.3, 0.4) is 0 Å². The van der Waals surface area contributed by atoms with Crippen LogP contribution >= 0.6 is 11.6 Å². The monoisotopic (exact) mass is 210 g/mol. The molecule has 0 spiro atoms. The molecule has 1 aromatic carbocycles. The fraction of sp³-hybridized carbons (Fsp3) is 0.417. The molecule has 1 unspecified atom stereocenters. The van der Waals surface area contributed by atoms with Crippen molar-refractivity contribution in [1.82, 2.24) is 0 Å². The Labute approximate surface area is 90.1 Å². The summed E-state index contributed by atoms with van der Waals surface area (Å²) in [5.74, 6) is 0.477. The van der Waals surface area contributed by atoms with Gasteiger partial charge in [0, 0.05) is 11.8 Å². The van der Waals surface area contributed by atoms with Gasteiger partial charge in [-0.2, -0.15) is 0 Å². The Hall–Kier alpha value is -0.820. The van der Waals surface area contributed by atoms with E-state index in [0.717, 1.165) is 23.8 Å². The number of alkyl halides is 1. The van der Waals surface area contributed by atoms with E-state index in [1.54, 1.807) is 0 Å². The normalized spacial score (nSPS) is 12.5. The first-order valence-corrected chi connectivity index (χ1v) is 5.39. The third-order valence-corrected chi connectivity index (χ3v) is 2.77. The van der Waals surface area contributed by atoms with E-state index < -0.39 is 0 Å². The average molecular weight is 211 g/mol. The second kappa shape index (κ2) is 5.16. The molecule has 0 saturated heterocycles. The largest absolute Gasteiger partial charge is 0.303 e. The minimum absolute atomic E-state index is 0.0390. The molecule has 0 radical (unpaired) electrons. The Morgan fingerprint density at radius 3 is 2.64 bits per heavy atom. The molecule has 0 aliphatic carbocycles. The minimum Gasteiger partial charge on any atom is -0.303 e. The van der Waals surface area contributed by atoms with Crippen molar-refractivity contribution in [3.05, 3.63) is 34.9 Å². The third kappa shape index (κ3) is 2.36. The van der Waals surface area contributed by atoms with E-state index in [0.29, 0.717) is 5.88 Å². The van der Waals surface area contributed by atoms with Crippen LogP contribution in [0.1, 0.15) is 36.5 Å². The molecule has 1 rings (SSSR count). The second-order valence-corrected chi connectivity index (χ2v) is 3.71. The van der Waals surface area contributed by atoms with Gasteiger partial charge in [-0.15, -0.1) is 11.6 Å². The van der Waals surface area contributed by atoms with Gasteiger partial charge in [0.2, 0.25) is 0 Å². The number of hydrogen-bond acceptors (Lipinski definition) is 1. The molecule has 1 atom stereocenters. The van der Waals surface area contributed by atoms with Crippen LogP contribution < -0.4 is 0 Å². The molecule has 0 amide bonds. The van der Waals surface area contributed by atoms with E-state index >= 15 is 0 Å². The summed E-state index contributed by atoms with van der Waals surface area (Å²) in [4.78, 5) is 10.6. The van der Waals surface area contributed by atoms with Crippen LogP contribution in [0.5, 0.6) is 0 Å². The van der Waals surface area contributed by atoms with Crippen molar-refractivity contribution in [2.45, 2.75) is 32.1 Å². The Morgan fingerprint density at radius 1 is 1.43 bits per heavy atom. The molecular weight excluding hydrogens is 196 g/mol. The average Bonchev–Trinajstić information content (AvgIpc) is 2.26. The number of hydrogen-bond donors (Lipinski definition) is 0. The zero-order valence-electron chi connectivity index (χ0n) is 8.59. The Kier molecular flexibility index (Phi) is 4.15. The lowest BCUT2D eigenvalue weighted by molar-refractivity contribution is -0.108. The molecule has 0 N–H and O–H groups in total. The summed E-state index contributed by atoms with van der Waals surface area (Å²) in [7, 11) is 0. The lowest BCUT2D eigenvalue weighted by Gasteiger charge is -2.09. The maximum atomic E-state index is 10.6. The summed E-state index contributed by atoms with van der Waals surface area (Å²) >= 11 is 5.84. The molecule has 2 heteroatoms. The van der Waals surface area contributed by atoms with Crippen molar-refractivity contribution in [1.29, 1.82) is 0 Å². The number of benzene rings is 1. The van der Waals surface area contributed by atoms with Gasteiger partial charge in [-0.1, -0.05) is 32.0 Å². The Balaban J connectivity index is 3.06. The standard InChI is InChI=1S/C12H15ClO/c1-3-10-4-5-11(9(2)8-14)6-12(10)7-13/h4-6,8-9H,3,7H2,1-2H3. The molecule has 14 heavy (non-hydrogen) atoms. The lowest BCUT2D eigenvalue weighted by atomic mass is 9.97. The molecule has 0 heterocycles.